The Hall–Kier alpha value is -1.35. The minimum atomic E-state index is -0.765. The summed E-state index contributed by atoms with van der Waals surface area (Å²) in [6.07, 6.45) is 8.22. The number of aliphatic carboxylic acids is 1. The number of halogens is 1. The predicted octanol–water partition coefficient (Wildman–Crippen LogP) is 2.89. The molecule has 0 amide bonds. The van der Waals surface area contributed by atoms with E-state index in [1.54, 1.807) is 0 Å². The average molecular weight is 250 g/mol. The number of hydrogen-bond acceptors (Lipinski definition) is 2. The lowest BCUT2D eigenvalue weighted by atomic mass is 9.81. The standard InChI is InChI=1S/C13H12ClNO2/c14-7-4-5-11-10(6-7)8-2-1-3-9(13(16)17)12(8)15-11/h4-6,9-10H,1-3H2,(H,16,17)/t9-,10+/m0/s1. The highest BCUT2D eigenvalue weighted by Crippen LogP contribution is 2.42. The molecule has 1 N–H and O–H groups in total. The summed E-state index contributed by atoms with van der Waals surface area (Å²) in [7, 11) is 0. The van der Waals surface area contributed by atoms with E-state index in [2.05, 4.69) is 4.99 Å². The van der Waals surface area contributed by atoms with Gasteiger partial charge in [0.05, 0.1) is 17.3 Å². The lowest BCUT2D eigenvalue weighted by molar-refractivity contribution is -0.140. The van der Waals surface area contributed by atoms with E-state index < -0.39 is 11.9 Å². The third-order valence-electron chi connectivity index (χ3n) is 3.58. The highest BCUT2D eigenvalue weighted by Gasteiger charge is 2.37. The molecule has 3 aliphatic rings. The molecule has 0 fully saturated rings. The van der Waals surface area contributed by atoms with Gasteiger partial charge >= 0.3 is 5.97 Å². The molecule has 88 valence electrons. The first-order valence-corrected chi connectivity index (χ1v) is 6.14. The molecule has 2 aliphatic carbocycles. The number of aliphatic imine (C=N–C) groups is 1. The maximum atomic E-state index is 11.2. The van der Waals surface area contributed by atoms with Gasteiger partial charge in [0.1, 0.15) is 0 Å². The molecule has 0 aromatic rings. The van der Waals surface area contributed by atoms with Gasteiger partial charge in [-0.3, -0.25) is 9.79 Å². The molecule has 1 heterocycles. The molecule has 0 radical (unpaired) electrons. The minimum Gasteiger partial charge on any atom is -0.481 e. The zero-order chi connectivity index (χ0) is 12.0. The van der Waals surface area contributed by atoms with Gasteiger partial charge < -0.3 is 5.11 Å². The molecule has 0 aromatic heterocycles. The molecule has 0 aromatic carbocycles. The number of carboxylic acid groups (broad SMARTS) is 1. The van der Waals surface area contributed by atoms with Crippen LogP contribution in [0.1, 0.15) is 19.3 Å². The van der Waals surface area contributed by atoms with Gasteiger partial charge in [0.15, 0.2) is 0 Å². The molecule has 4 heteroatoms. The van der Waals surface area contributed by atoms with Crippen LogP contribution in [-0.4, -0.2) is 16.8 Å². The summed E-state index contributed by atoms with van der Waals surface area (Å²) in [6.45, 7) is 0. The summed E-state index contributed by atoms with van der Waals surface area (Å²) in [5.41, 5.74) is 2.87. The molecule has 3 nitrogen and oxygen atoms in total. The SMILES string of the molecule is O=C(O)[C@H]1CCCC2=C1N=C1C=CC(Cl)=C[C@@H]12. The van der Waals surface area contributed by atoms with E-state index in [9.17, 15) is 9.90 Å². The molecule has 0 saturated carbocycles. The van der Waals surface area contributed by atoms with Crippen molar-refractivity contribution in [3.8, 4) is 0 Å². The normalized spacial score (nSPS) is 30.6. The van der Waals surface area contributed by atoms with E-state index in [0.29, 0.717) is 11.5 Å². The maximum absolute atomic E-state index is 11.2. The van der Waals surface area contributed by atoms with Crippen LogP contribution in [0.25, 0.3) is 0 Å². The van der Waals surface area contributed by atoms with E-state index in [1.165, 1.54) is 0 Å². The molecule has 0 saturated heterocycles. The van der Waals surface area contributed by atoms with E-state index in [0.717, 1.165) is 29.8 Å². The fourth-order valence-corrected chi connectivity index (χ4v) is 2.97. The van der Waals surface area contributed by atoms with Crippen molar-refractivity contribution in [1.82, 2.24) is 0 Å². The number of hydrogen-bond donors (Lipinski definition) is 1. The average Bonchev–Trinajstić information content (AvgIpc) is 2.66. The van der Waals surface area contributed by atoms with Gasteiger partial charge in [0, 0.05) is 11.0 Å². The number of allylic oxidation sites excluding steroid dienone is 5. The Morgan fingerprint density at radius 1 is 1.47 bits per heavy atom. The Labute approximate surface area is 104 Å². The monoisotopic (exact) mass is 249 g/mol. The van der Waals surface area contributed by atoms with Crippen LogP contribution in [0, 0.1) is 11.8 Å². The Morgan fingerprint density at radius 3 is 3.06 bits per heavy atom. The van der Waals surface area contributed by atoms with Gasteiger partial charge in [-0.05, 0) is 37.0 Å². The summed E-state index contributed by atoms with van der Waals surface area (Å²) < 4.78 is 0. The van der Waals surface area contributed by atoms with E-state index in [1.807, 2.05) is 18.2 Å². The second kappa shape index (κ2) is 3.84. The first-order valence-electron chi connectivity index (χ1n) is 5.76. The van der Waals surface area contributed by atoms with Gasteiger partial charge in [-0.15, -0.1) is 0 Å². The van der Waals surface area contributed by atoms with E-state index in [-0.39, 0.29) is 5.92 Å². The van der Waals surface area contributed by atoms with Crippen molar-refractivity contribution in [2.24, 2.45) is 16.8 Å². The molecular weight excluding hydrogens is 238 g/mol. The van der Waals surface area contributed by atoms with Crippen molar-refractivity contribution < 1.29 is 9.90 Å². The molecule has 3 rings (SSSR count). The second-order valence-electron chi connectivity index (χ2n) is 4.59. The van der Waals surface area contributed by atoms with Gasteiger partial charge in [-0.25, -0.2) is 0 Å². The lowest BCUT2D eigenvalue weighted by Crippen LogP contribution is -2.20. The van der Waals surface area contributed by atoms with Crippen LogP contribution in [0.5, 0.6) is 0 Å². The Morgan fingerprint density at radius 2 is 2.29 bits per heavy atom. The molecule has 2 atom stereocenters. The van der Waals surface area contributed by atoms with Gasteiger partial charge in [-0.2, -0.15) is 0 Å². The smallest absolute Gasteiger partial charge is 0.312 e. The Kier molecular flexibility index (Phi) is 2.44. The molecule has 0 spiro atoms. The van der Waals surface area contributed by atoms with Crippen LogP contribution < -0.4 is 0 Å². The third-order valence-corrected chi connectivity index (χ3v) is 3.83. The maximum Gasteiger partial charge on any atom is 0.312 e. The first-order chi connectivity index (χ1) is 8.16. The number of carboxylic acids is 1. The number of carbonyl (C=O) groups is 1. The Balaban J connectivity index is 2.04. The predicted molar refractivity (Wildman–Crippen MR) is 66.0 cm³/mol. The number of nitrogens with zero attached hydrogens (tertiary/aromatic N) is 1. The van der Waals surface area contributed by atoms with Crippen LogP contribution in [-0.2, 0) is 4.79 Å². The quantitative estimate of drug-likeness (QED) is 0.777. The number of rotatable bonds is 1. The van der Waals surface area contributed by atoms with E-state index >= 15 is 0 Å². The van der Waals surface area contributed by atoms with Crippen LogP contribution in [0.3, 0.4) is 0 Å². The van der Waals surface area contributed by atoms with Crippen molar-refractivity contribution in [1.29, 1.82) is 0 Å². The molecule has 0 bridgehead atoms. The van der Waals surface area contributed by atoms with Crippen LogP contribution in [0.4, 0.5) is 0 Å². The summed E-state index contributed by atoms with van der Waals surface area (Å²) >= 11 is 5.99. The fourth-order valence-electron chi connectivity index (χ4n) is 2.78. The van der Waals surface area contributed by atoms with Gasteiger partial charge in [0.2, 0.25) is 0 Å². The van der Waals surface area contributed by atoms with Gasteiger partial charge in [0.25, 0.3) is 0 Å². The summed E-state index contributed by atoms with van der Waals surface area (Å²) in [6, 6.07) is 0. The molecule has 0 unspecified atom stereocenters. The second-order valence-corrected chi connectivity index (χ2v) is 5.03. The molecular formula is C13H12ClNO2. The van der Waals surface area contributed by atoms with Crippen molar-refractivity contribution in [3.63, 3.8) is 0 Å². The van der Waals surface area contributed by atoms with Crippen molar-refractivity contribution in [2.45, 2.75) is 19.3 Å². The zero-order valence-corrected chi connectivity index (χ0v) is 9.94. The summed E-state index contributed by atoms with van der Waals surface area (Å²) in [5.74, 6) is -1.08. The fraction of sp³-hybridized carbons (Fsp3) is 0.385. The minimum absolute atomic E-state index is 0.115. The largest absolute Gasteiger partial charge is 0.481 e. The Bertz CT molecular complexity index is 514. The van der Waals surface area contributed by atoms with Crippen LogP contribution in [0.15, 0.2) is 39.5 Å². The van der Waals surface area contributed by atoms with Crippen LogP contribution >= 0.6 is 11.6 Å². The van der Waals surface area contributed by atoms with Crippen molar-refractivity contribution >= 4 is 23.3 Å². The highest BCUT2D eigenvalue weighted by molar-refractivity contribution is 6.32. The van der Waals surface area contributed by atoms with Crippen molar-refractivity contribution in [3.05, 3.63) is 34.5 Å². The molecule has 1 aliphatic heterocycles. The van der Waals surface area contributed by atoms with Gasteiger partial charge in [-0.1, -0.05) is 17.7 Å². The highest BCUT2D eigenvalue weighted by atomic mass is 35.5. The van der Waals surface area contributed by atoms with Crippen LogP contribution in [0.2, 0.25) is 0 Å². The van der Waals surface area contributed by atoms with E-state index in [4.69, 9.17) is 11.6 Å². The molecule has 17 heavy (non-hydrogen) atoms. The van der Waals surface area contributed by atoms with Crippen molar-refractivity contribution in [2.75, 3.05) is 0 Å². The third kappa shape index (κ3) is 1.65. The first kappa shape index (κ1) is 10.8. The topological polar surface area (TPSA) is 49.7 Å². The summed E-state index contributed by atoms with van der Waals surface area (Å²) in [4.78, 5) is 15.7. The lowest BCUT2D eigenvalue weighted by Gasteiger charge is -2.22. The zero-order valence-electron chi connectivity index (χ0n) is 9.19. The summed E-state index contributed by atoms with van der Waals surface area (Å²) in [5, 5.41) is 9.92. The number of fused-ring (bicyclic) bond motifs is 2.